The fourth-order valence-electron chi connectivity index (χ4n) is 2.65. The minimum atomic E-state index is -0.114. The van der Waals surface area contributed by atoms with Crippen LogP contribution in [0.4, 0.5) is 0 Å². The summed E-state index contributed by atoms with van der Waals surface area (Å²) in [5.74, 6) is -0.0358. The van der Waals surface area contributed by atoms with Crippen LogP contribution in [0.3, 0.4) is 0 Å². The summed E-state index contributed by atoms with van der Waals surface area (Å²) in [6.07, 6.45) is 6.08. The van der Waals surface area contributed by atoms with E-state index in [0.29, 0.717) is 19.5 Å². The lowest BCUT2D eigenvalue weighted by atomic mass is 10.1. The van der Waals surface area contributed by atoms with Crippen molar-refractivity contribution in [1.29, 1.82) is 0 Å². The number of carbonyl (C=O) groups excluding carboxylic acids is 2. The Balaban J connectivity index is 1.50. The molecule has 1 fully saturated rings. The monoisotopic (exact) mass is 312 g/mol. The fraction of sp³-hybridized carbons (Fsp3) is 0.353. The predicted octanol–water partition coefficient (Wildman–Crippen LogP) is 1.50. The van der Waals surface area contributed by atoms with Crippen molar-refractivity contribution in [3.05, 3.63) is 48.3 Å². The summed E-state index contributed by atoms with van der Waals surface area (Å²) in [4.78, 5) is 25.3. The van der Waals surface area contributed by atoms with E-state index in [9.17, 15) is 9.59 Å². The highest BCUT2D eigenvalue weighted by Crippen LogP contribution is 2.10. The van der Waals surface area contributed by atoms with Gasteiger partial charge in [0.25, 0.3) is 0 Å². The molecule has 0 radical (unpaired) electrons. The van der Waals surface area contributed by atoms with Crippen molar-refractivity contribution in [3.8, 4) is 5.69 Å². The van der Waals surface area contributed by atoms with Gasteiger partial charge in [-0.3, -0.25) is 9.59 Å². The molecule has 0 bridgehead atoms. The number of carbonyl (C=O) groups is 2. The summed E-state index contributed by atoms with van der Waals surface area (Å²) in [5, 5.41) is 7.04. The molecule has 120 valence electrons. The Labute approximate surface area is 135 Å². The van der Waals surface area contributed by atoms with E-state index in [2.05, 4.69) is 10.4 Å². The van der Waals surface area contributed by atoms with Gasteiger partial charge in [0.1, 0.15) is 0 Å². The van der Waals surface area contributed by atoms with E-state index in [-0.39, 0.29) is 18.4 Å². The van der Waals surface area contributed by atoms with Crippen LogP contribution in [0.1, 0.15) is 24.8 Å². The van der Waals surface area contributed by atoms with E-state index in [4.69, 9.17) is 0 Å². The van der Waals surface area contributed by atoms with E-state index in [1.807, 2.05) is 36.5 Å². The van der Waals surface area contributed by atoms with Crippen molar-refractivity contribution in [2.24, 2.45) is 0 Å². The van der Waals surface area contributed by atoms with Crippen LogP contribution >= 0.6 is 0 Å². The van der Waals surface area contributed by atoms with E-state index in [0.717, 1.165) is 24.1 Å². The second-order valence-corrected chi connectivity index (χ2v) is 5.67. The van der Waals surface area contributed by atoms with Crippen molar-refractivity contribution in [1.82, 2.24) is 20.0 Å². The Morgan fingerprint density at radius 1 is 1.22 bits per heavy atom. The molecule has 0 unspecified atom stereocenters. The molecule has 3 rings (SSSR count). The van der Waals surface area contributed by atoms with Crippen LogP contribution in [0.25, 0.3) is 5.69 Å². The van der Waals surface area contributed by atoms with Crippen LogP contribution in [-0.2, 0) is 16.1 Å². The minimum Gasteiger partial charge on any atom is -0.350 e. The lowest BCUT2D eigenvalue weighted by molar-refractivity contribution is -0.137. The van der Waals surface area contributed by atoms with Gasteiger partial charge in [-0.2, -0.15) is 5.10 Å². The molecule has 2 amide bonds. The number of amides is 2. The first-order chi connectivity index (χ1) is 11.2. The molecule has 2 heterocycles. The number of hydrogen-bond donors (Lipinski definition) is 1. The molecule has 0 saturated carbocycles. The van der Waals surface area contributed by atoms with Gasteiger partial charge in [-0.1, -0.05) is 12.1 Å². The maximum Gasteiger partial charge on any atom is 0.239 e. The van der Waals surface area contributed by atoms with Crippen molar-refractivity contribution in [3.63, 3.8) is 0 Å². The molecule has 1 aliphatic heterocycles. The Bertz CT molecular complexity index is 664. The van der Waals surface area contributed by atoms with E-state index < -0.39 is 0 Å². The highest BCUT2D eigenvalue weighted by molar-refractivity contribution is 5.85. The van der Waals surface area contributed by atoms with Gasteiger partial charge < -0.3 is 10.2 Å². The third-order valence-electron chi connectivity index (χ3n) is 3.95. The molecule has 2 aromatic rings. The van der Waals surface area contributed by atoms with Gasteiger partial charge in [-0.05, 0) is 36.6 Å². The molecule has 6 nitrogen and oxygen atoms in total. The van der Waals surface area contributed by atoms with Gasteiger partial charge in [-0.25, -0.2) is 4.68 Å². The number of aromatic nitrogens is 2. The van der Waals surface area contributed by atoms with Gasteiger partial charge >= 0.3 is 0 Å². The van der Waals surface area contributed by atoms with Crippen molar-refractivity contribution in [2.75, 3.05) is 13.1 Å². The van der Waals surface area contributed by atoms with Crippen LogP contribution in [0, 0.1) is 0 Å². The van der Waals surface area contributed by atoms with E-state index in [1.165, 1.54) is 0 Å². The second-order valence-electron chi connectivity index (χ2n) is 5.67. The normalized spacial score (nSPS) is 14.8. The first-order valence-electron chi connectivity index (χ1n) is 7.86. The highest BCUT2D eigenvalue weighted by atomic mass is 16.2. The van der Waals surface area contributed by atoms with Crippen LogP contribution < -0.4 is 5.32 Å². The maximum absolute atomic E-state index is 12.0. The van der Waals surface area contributed by atoms with Gasteiger partial charge in [0, 0.05) is 31.9 Å². The van der Waals surface area contributed by atoms with Gasteiger partial charge in [0.2, 0.25) is 11.8 Å². The van der Waals surface area contributed by atoms with Crippen LogP contribution in [-0.4, -0.2) is 39.6 Å². The third-order valence-corrected chi connectivity index (χ3v) is 3.95. The molecular weight excluding hydrogens is 292 g/mol. The number of likely N-dealkylation sites (tertiary alicyclic amines) is 1. The first-order valence-corrected chi connectivity index (χ1v) is 7.86. The Hall–Kier alpha value is -2.63. The largest absolute Gasteiger partial charge is 0.350 e. The molecule has 1 N–H and O–H groups in total. The smallest absolute Gasteiger partial charge is 0.239 e. The third kappa shape index (κ3) is 3.97. The van der Waals surface area contributed by atoms with Crippen molar-refractivity contribution >= 4 is 11.8 Å². The topological polar surface area (TPSA) is 67.2 Å². The standard InChI is InChI=1S/C17H20N4O2/c22-16(13-20-10-2-1-4-17(20)23)18-12-14-5-7-15(8-6-14)21-11-3-9-19-21/h3,5-9,11H,1-2,4,10,12-13H2,(H,18,22). The summed E-state index contributed by atoms with van der Waals surface area (Å²) in [6, 6.07) is 9.72. The van der Waals surface area contributed by atoms with Crippen molar-refractivity contribution < 1.29 is 9.59 Å². The van der Waals surface area contributed by atoms with Gasteiger partial charge in [-0.15, -0.1) is 0 Å². The minimum absolute atomic E-state index is 0.0787. The fourth-order valence-corrected chi connectivity index (χ4v) is 2.65. The Morgan fingerprint density at radius 3 is 2.74 bits per heavy atom. The molecule has 1 aromatic carbocycles. The Morgan fingerprint density at radius 2 is 2.04 bits per heavy atom. The summed E-state index contributed by atoms with van der Waals surface area (Å²) >= 11 is 0. The number of piperidine rings is 1. The summed E-state index contributed by atoms with van der Waals surface area (Å²) < 4.78 is 1.78. The number of benzene rings is 1. The van der Waals surface area contributed by atoms with Gasteiger partial charge in [0.15, 0.2) is 0 Å². The van der Waals surface area contributed by atoms with Crippen LogP contribution in [0.2, 0.25) is 0 Å². The molecule has 6 heteroatoms. The molecule has 23 heavy (non-hydrogen) atoms. The summed E-state index contributed by atoms with van der Waals surface area (Å²) in [6.45, 7) is 1.30. The SMILES string of the molecule is O=C(CN1CCCCC1=O)NCc1ccc(-n2cccn2)cc1. The summed E-state index contributed by atoms with van der Waals surface area (Å²) in [7, 11) is 0. The number of hydrogen-bond acceptors (Lipinski definition) is 3. The average molecular weight is 312 g/mol. The molecule has 1 aliphatic rings. The predicted molar refractivity (Wildman–Crippen MR) is 85.8 cm³/mol. The highest BCUT2D eigenvalue weighted by Gasteiger charge is 2.20. The summed E-state index contributed by atoms with van der Waals surface area (Å²) in [5.41, 5.74) is 1.99. The van der Waals surface area contributed by atoms with E-state index >= 15 is 0 Å². The number of nitrogens with one attached hydrogen (secondary N) is 1. The first kappa shape index (κ1) is 15.3. The van der Waals surface area contributed by atoms with Crippen LogP contribution in [0.5, 0.6) is 0 Å². The molecule has 1 aromatic heterocycles. The lowest BCUT2D eigenvalue weighted by Gasteiger charge is -2.25. The molecular formula is C17H20N4O2. The Kier molecular flexibility index (Phi) is 4.71. The lowest BCUT2D eigenvalue weighted by Crippen LogP contribution is -2.42. The molecule has 0 atom stereocenters. The zero-order chi connectivity index (χ0) is 16.1. The quantitative estimate of drug-likeness (QED) is 0.910. The maximum atomic E-state index is 12.0. The van der Waals surface area contributed by atoms with Gasteiger partial charge in [0.05, 0.1) is 12.2 Å². The van der Waals surface area contributed by atoms with Crippen LogP contribution in [0.15, 0.2) is 42.7 Å². The van der Waals surface area contributed by atoms with E-state index in [1.54, 1.807) is 15.8 Å². The molecule has 0 aliphatic carbocycles. The molecule has 0 spiro atoms. The second kappa shape index (κ2) is 7.09. The zero-order valence-electron chi connectivity index (χ0n) is 12.9. The average Bonchev–Trinajstić information content (AvgIpc) is 3.10. The van der Waals surface area contributed by atoms with Crippen molar-refractivity contribution in [2.45, 2.75) is 25.8 Å². The number of nitrogens with zero attached hydrogens (tertiary/aromatic N) is 3. The molecule has 1 saturated heterocycles. The number of rotatable bonds is 5. The zero-order valence-corrected chi connectivity index (χ0v) is 12.9.